The summed E-state index contributed by atoms with van der Waals surface area (Å²) in [6.07, 6.45) is 2.27. The summed E-state index contributed by atoms with van der Waals surface area (Å²) in [7, 11) is 1.70. The van der Waals surface area contributed by atoms with E-state index in [1.54, 1.807) is 7.11 Å². The van der Waals surface area contributed by atoms with Gasteiger partial charge in [0.2, 0.25) is 0 Å². The van der Waals surface area contributed by atoms with E-state index in [1.165, 1.54) is 5.56 Å². The highest BCUT2D eigenvalue weighted by molar-refractivity contribution is 5.52. The Labute approximate surface area is 101 Å². The van der Waals surface area contributed by atoms with Crippen LogP contribution in [0.25, 0.3) is 0 Å². The Kier molecular flexibility index (Phi) is 2.49. The molecule has 1 aromatic rings. The Bertz CT molecular complexity index is 441. The minimum absolute atomic E-state index is 0.113. The average Bonchev–Trinajstić information content (AvgIpc) is 3.18. The topological polar surface area (TPSA) is 53.7 Å². The molecule has 0 aromatic heterocycles. The van der Waals surface area contributed by atoms with Gasteiger partial charge in [-0.3, -0.25) is 0 Å². The highest BCUT2D eigenvalue weighted by Gasteiger charge is 2.45. The van der Waals surface area contributed by atoms with E-state index in [-0.39, 0.29) is 5.41 Å². The molecule has 1 heterocycles. The van der Waals surface area contributed by atoms with E-state index < -0.39 is 0 Å². The smallest absolute Gasteiger partial charge is 0.189 e. The van der Waals surface area contributed by atoms with Crippen LogP contribution in [0.3, 0.4) is 0 Å². The van der Waals surface area contributed by atoms with Crippen molar-refractivity contribution < 1.29 is 14.2 Å². The van der Waals surface area contributed by atoms with Gasteiger partial charge in [0.15, 0.2) is 6.79 Å². The Hall–Kier alpha value is -1.26. The predicted octanol–water partition coefficient (Wildman–Crippen LogP) is 1.55. The van der Waals surface area contributed by atoms with Gasteiger partial charge in [-0.05, 0) is 25.0 Å². The number of benzene rings is 1. The van der Waals surface area contributed by atoms with E-state index in [2.05, 4.69) is 6.07 Å². The molecule has 1 aliphatic carbocycles. The van der Waals surface area contributed by atoms with Crippen LogP contribution in [0.2, 0.25) is 0 Å². The monoisotopic (exact) mass is 235 g/mol. The predicted molar refractivity (Wildman–Crippen MR) is 63.2 cm³/mol. The molecule has 0 saturated heterocycles. The summed E-state index contributed by atoms with van der Waals surface area (Å²) in [6.45, 7) is 1.58. The van der Waals surface area contributed by atoms with Crippen molar-refractivity contribution >= 4 is 0 Å². The van der Waals surface area contributed by atoms with Gasteiger partial charge in [-0.15, -0.1) is 0 Å². The fourth-order valence-electron chi connectivity index (χ4n) is 2.42. The average molecular weight is 235 g/mol. The lowest BCUT2D eigenvalue weighted by Gasteiger charge is -2.23. The van der Waals surface area contributed by atoms with Crippen LogP contribution in [0.4, 0.5) is 0 Å². The molecule has 0 atom stereocenters. The molecule has 1 aromatic carbocycles. The van der Waals surface area contributed by atoms with Crippen LogP contribution in [-0.4, -0.2) is 20.4 Å². The molecule has 3 rings (SSSR count). The largest absolute Gasteiger partial charge is 0.496 e. The van der Waals surface area contributed by atoms with Crippen molar-refractivity contribution in [1.82, 2.24) is 0 Å². The summed E-state index contributed by atoms with van der Waals surface area (Å²) in [5.41, 5.74) is 8.22. The van der Waals surface area contributed by atoms with Gasteiger partial charge in [0, 0.05) is 23.1 Å². The summed E-state index contributed by atoms with van der Waals surface area (Å²) >= 11 is 0. The van der Waals surface area contributed by atoms with Gasteiger partial charge in [0.05, 0.1) is 13.7 Å². The first kappa shape index (κ1) is 10.9. The number of ether oxygens (including phenoxy) is 3. The van der Waals surface area contributed by atoms with Crippen LogP contribution in [0, 0.1) is 0 Å². The molecule has 0 spiro atoms. The molecule has 1 saturated carbocycles. The molecule has 0 radical (unpaired) electrons. The molecule has 0 unspecified atom stereocenters. The molecule has 2 aliphatic rings. The normalized spacial score (nSPS) is 20.4. The maximum atomic E-state index is 5.88. The Morgan fingerprint density at radius 2 is 2.24 bits per heavy atom. The third kappa shape index (κ3) is 1.68. The van der Waals surface area contributed by atoms with Crippen LogP contribution in [-0.2, 0) is 16.8 Å². The highest BCUT2D eigenvalue weighted by Crippen LogP contribution is 2.52. The lowest BCUT2D eigenvalue weighted by molar-refractivity contribution is -0.0166. The zero-order valence-electron chi connectivity index (χ0n) is 9.99. The number of nitrogens with two attached hydrogens (primary N) is 1. The summed E-state index contributed by atoms with van der Waals surface area (Å²) in [5.74, 6) is 1.81. The van der Waals surface area contributed by atoms with Crippen molar-refractivity contribution in [3.63, 3.8) is 0 Å². The van der Waals surface area contributed by atoms with E-state index in [1.807, 2.05) is 6.07 Å². The van der Waals surface area contributed by atoms with E-state index in [0.29, 0.717) is 19.9 Å². The third-order valence-electron chi connectivity index (χ3n) is 3.75. The molecule has 17 heavy (non-hydrogen) atoms. The summed E-state index contributed by atoms with van der Waals surface area (Å²) in [6, 6.07) is 4.09. The van der Waals surface area contributed by atoms with Crippen molar-refractivity contribution in [3.05, 3.63) is 23.3 Å². The van der Waals surface area contributed by atoms with Crippen LogP contribution >= 0.6 is 0 Å². The second-order valence-corrected chi connectivity index (χ2v) is 4.76. The fourth-order valence-corrected chi connectivity index (χ4v) is 2.42. The van der Waals surface area contributed by atoms with Crippen molar-refractivity contribution in [1.29, 1.82) is 0 Å². The van der Waals surface area contributed by atoms with Crippen LogP contribution in [0.15, 0.2) is 12.1 Å². The first-order chi connectivity index (χ1) is 8.29. The lowest BCUT2D eigenvalue weighted by atomic mass is 9.93. The van der Waals surface area contributed by atoms with Gasteiger partial charge in [0.25, 0.3) is 0 Å². The van der Waals surface area contributed by atoms with E-state index in [0.717, 1.165) is 29.9 Å². The molecule has 2 N–H and O–H groups in total. The van der Waals surface area contributed by atoms with Crippen molar-refractivity contribution in [3.8, 4) is 11.5 Å². The van der Waals surface area contributed by atoms with Crippen LogP contribution < -0.4 is 15.2 Å². The molecule has 4 heteroatoms. The first-order valence-corrected chi connectivity index (χ1v) is 5.91. The van der Waals surface area contributed by atoms with Crippen molar-refractivity contribution in [2.75, 3.05) is 20.4 Å². The molecule has 1 fully saturated rings. The Morgan fingerprint density at radius 3 is 2.88 bits per heavy atom. The molecule has 1 aliphatic heterocycles. The maximum Gasteiger partial charge on any atom is 0.189 e. The number of rotatable bonds is 3. The SMILES string of the molecule is COc1cc2c(cc1C1(CN)CC1)OCOC2. The van der Waals surface area contributed by atoms with Crippen molar-refractivity contribution in [2.24, 2.45) is 5.73 Å². The Morgan fingerprint density at radius 1 is 1.41 bits per heavy atom. The fraction of sp³-hybridized carbons (Fsp3) is 0.538. The quantitative estimate of drug-likeness (QED) is 0.863. The summed E-state index contributed by atoms with van der Waals surface area (Å²) < 4.78 is 16.2. The van der Waals surface area contributed by atoms with E-state index in [4.69, 9.17) is 19.9 Å². The summed E-state index contributed by atoms with van der Waals surface area (Å²) in [4.78, 5) is 0. The molecule has 92 valence electrons. The second kappa shape index (κ2) is 3.89. The number of hydrogen-bond acceptors (Lipinski definition) is 4. The first-order valence-electron chi connectivity index (χ1n) is 5.91. The maximum absolute atomic E-state index is 5.88. The molecular weight excluding hydrogens is 218 g/mol. The van der Waals surface area contributed by atoms with Gasteiger partial charge in [0.1, 0.15) is 11.5 Å². The standard InChI is InChI=1S/C13H17NO3/c1-15-12-4-9-6-16-8-17-11(9)5-10(12)13(7-14)2-3-13/h4-5H,2-3,6-8,14H2,1H3. The van der Waals surface area contributed by atoms with Crippen molar-refractivity contribution in [2.45, 2.75) is 24.9 Å². The van der Waals surface area contributed by atoms with Gasteiger partial charge in [-0.1, -0.05) is 0 Å². The van der Waals surface area contributed by atoms with Crippen LogP contribution in [0.5, 0.6) is 11.5 Å². The Balaban J connectivity index is 2.07. The number of methoxy groups -OCH3 is 1. The molecular formula is C13H17NO3. The highest BCUT2D eigenvalue weighted by atomic mass is 16.7. The minimum atomic E-state index is 0.113. The number of hydrogen-bond donors (Lipinski definition) is 1. The zero-order chi connectivity index (χ0) is 11.9. The van der Waals surface area contributed by atoms with Gasteiger partial charge < -0.3 is 19.9 Å². The minimum Gasteiger partial charge on any atom is -0.496 e. The van der Waals surface area contributed by atoms with E-state index >= 15 is 0 Å². The molecule has 4 nitrogen and oxygen atoms in total. The van der Waals surface area contributed by atoms with Gasteiger partial charge in [-0.2, -0.15) is 0 Å². The lowest BCUT2D eigenvalue weighted by Crippen LogP contribution is -2.21. The third-order valence-corrected chi connectivity index (χ3v) is 3.75. The van der Waals surface area contributed by atoms with E-state index in [9.17, 15) is 0 Å². The second-order valence-electron chi connectivity index (χ2n) is 4.76. The van der Waals surface area contributed by atoms with Gasteiger partial charge in [-0.25, -0.2) is 0 Å². The van der Waals surface area contributed by atoms with Gasteiger partial charge >= 0.3 is 0 Å². The van der Waals surface area contributed by atoms with Crippen LogP contribution in [0.1, 0.15) is 24.0 Å². The molecule has 0 amide bonds. The molecule has 0 bridgehead atoms. The summed E-state index contributed by atoms with van der Waals surface area (Å²) in [5, 5.41) is 0. The zero-order valence-corrected chi connectivity index (χ0v) is 9.99. The number of fused-ring (bicyclic) bond motifs is 1.